The molecule has 0 saturated carbocycles. The maximum Gasteiger partial charge on any atom is 0.337 e. The predicted octanol–water partition coefficient (Wildman–Crippen LogP) is 2.99. The van der Waals surface area contributed by atoms with Crippen molar-refractivity contribution in [3.63, 3.8) is 0 Å². The van der Waals surface area contributed by atoms with Gasteiger partial charge in [-0.15, -0.1) is 5.10 Å². The fourth-order valence-corrected chi connectivity index (χ4v) is 2.08. The number of carboxylic acid groups (broad SMARTS) is 1. The molecule has 3 aromatic heterocycles. The molecule has 116 valence electrons. The molecule has 0 amide bonds. The Kier molecular flexibility index (Phi) is 3.84. The van der Waals surface area contributed by atoms with Crippen molar-refractivity contribution in [2.75, 3.05) is 5.32 Å². The highest BCUT2D eigenvalue weighted by atomic mass is 16.4. The summed E-state index contributed by atoms with van der Waals surface area (Å²) < 4.78 is 0. The Hall–Kier alpha value is -3.09. The van der Waals surface area contributed by atoms with Crippen LogP contribution >= 0.6 is 0 Å². The highest BCUT2D eigenvalue weighted by molar-refractivity contribution is 5.91. The monoisotopic (exact) mass is 309 g/mol. The summed E-state index contributed by atoms with van der Waals surface area (Å²) in [4.78, 5) is 19.5. The summed E-state index contributed by atoms with van der Waals surface area (Å²) >= 11 is 0. The van der Waals surface area contributed by atoms with Crippen LogP contribution in [0.4, 0.5) is 11.6 Å². The van der Waals surface area contributed by atoms with Crippen molar-refractivity contribution >= 4 is 28.6 Å². The molecule has 23 heavy (non-hydrogen) atoms. The third-order valence-corrected chi connectivity index (χ3v) is 3.38. The van der Waals surface area contributed by atoms with Crippen LogP contribution in [0.15, 0.2) is 36.7 Å². The molecular weight excluding hydrogens is 294 g/mol. The van der Waals surface area contributed by atoms with Crippen LogP contribution in [0, 0.1) is 0 Å². The number of nitrogens with one attached hydrogen (secondary N) is 1. The Morgan fingerprint density at radius 2 is 1.96 bits per heavy atom. The molecule has 3 aromatic rings. The number of nitrogens with zero attached hydrogens (tertiary/aromatic N) is 4. The molecule has 7 nitrogen and oxygen atoms in total. The molecule has 0 atom stereocenters. The van der Waals surface area contributed by atoms with Gasteiger partial charge in [0, 0.05) is 6.20 Å². The van der Waals surface area contributed by atoms with Gasteiger partial charge < -0.3 is 10.4 Å². The summed E-state index contributed by atoms with van der Waals surface area (Å²) in [7, 11) is 0. The zero-order chi connectivity index (χ0) is 16.4. The molecule has 0 saturated heterocycles. The molecule has 0 aliphatic carbocycles. The minimum Gasteiger partial charge on any atom is -0.478 e. The van der Waals surface area contributed by atoms with Crippen LogP contribution in [-0.4, -0.2) is 31.2 Å². The number of aromatic carboxylic acids is 1. The molecule has 0 aliphatic heterocycles. The van der Waals surface area contributed by atoms with Gasteiger partial charge in [0.2, 0.25) is 0 Å². The number of pyridine rings is 2. The third-order valence-electron chi connectivity index (χ3n) is 3.38. The topological polar surface area (TPSA) is 101 Å². The normalized spacial score (nSPS) is 10.9. The maximum atomic E-state index is 11.0. The highest BCUT2D eigenvalue weighted by Crippen LogP contribution is 2.20. The summed E-state index contributed by atoms with van der Waals surface area (Å²) in [6.07, 6.45) is 3.05. The standard InChI is InChI=1S/C16H15N5O2/c1-9(2)10-6-15(21-18-8-10)20-14-4-3-12-13(19-14)5-11(7-17-12)16(22)23/h3-9H,1-2H3,(H,22,23)(H,19,20,21). The molecule has 0 unspecified atom stereocenters. The highest BCUT2D eigenvalue weighted by Gasteiger charge is 2.08. The smallest absolute Gasteiger partial charge is 0.337 e. The van der Waals surface area contributed by atoms with Crippen molar-refractivity contribution in [1.82, 2.24) is 20.2 Å². The van der Waals surface area contributed by atoms with E-state index in [1.165, 1.54) is 12.3 Å². The summed E-state index contributed by atoms with van der Waals surface area (Å²) in [5.74, 6) is 0.454. The van der Waals surface area contributed by atoms with Gasteiger partial charge in [0.05, 0.1) is 22.8 Å². The van der Waals surface area contributed by atoms with Gasteiger partial charge in [-0.1, -0.05) is 13.8 Å². The Morgan fingerprint density at radius 3 is 2.70 bits per heavy atom. The molecule has 0 aromatic carbocycles. The molecular formula is C16H15N5O2. The first-order valence-electron chi connectivity index (χ1n) is 7.12. The van der Waals surface area contributed by atoms with Gasteiger partial charge in [0.25, 0.3) is 0 Å². The number of carboxylic acids is 1. The number of carbonyl (C=O) groups is 1. The third kappa shape index (κ3) is 3.23. The largest absolute Gasteiger partial charge is 0.478 e. The second-order valence-corrected chi connectivity index (χ2v) is 5.42. The fraction of sp³-hybridized carbons (Fsp3) is 0.188. The van der Waals surface area contributed by atoms with Gasteiger partial charge in [-0.3, -0.25) is 4.98 Å². The van der Waals surface area contributed by atoms with Gasteiger partial charge >= 0.3 is 5.97 Å². The van der Waals surface area contributed by atoms with Crippen LogP contribution < -0.4 is 5.32 Å². The molecule has 0 fully saturated rings. The van der Waals surface area contributed by atoms with Crippen molar-refractivity contribution in [1.29, 1.82) is 0 Å². The SMILES string of the molecule is CC(C)c1cnnc(Nc2ccc3ncc(C(=O)O)cc3n2)c1. The van der Waals surface area contributed by atoms with E-state index in [1.54, 1.807) is 18.3 Å². The molecule has 2 N–H and O–H groups in total. The van der Waals surface area contributed by atoms with Gasteiger partial charge in [-0.2, -0.15) is 5.10 Å². The second kappa shape index (κ2) is 5.96. The molecule has 3 rings (SSSR count). The average molecular weight is 309 g/mol. The summed E-state index contributed by atoms with van der Waals surface area (Å²) in [6, 6.07) is 6.94. The van der Waals surface area contributed by atoms with Crippen LogP contribution in [0.1, 0.15) is 35.7 Å². The maximum absolute atomic E-state index is 11.0. The fourth-order valence-electron chi connectivity index (χ4n) is 2.08. The second-order valence-electron chi connectivity index (χ2n) is 5.42. The molecule has 7 heteroatoms. The van der Waals surface area contributed by atoms with Crippen LogP contribution in [0.5, 0.6) is 0 Å². The molecule has 0 bridgehead atoms. The van der Waals surface area contributed by atoms with Gasteiger partial charge in [0.15, 0.2) is 5.82 Å². The number of anilines is 2. The van der Waals surface area contributed by atoms with Crippen LogP contribution in [0.25, 0.3) is 11.0 Å². The van der Waals surface area contributed by atoms with E-state index in [9.17, 15) is 4.79 Å². The zero-order valence-electron chi connectivity index (χ0n) is 12.7. The van der Waals surface area contributed by atoms with E-state index in [4.69, 9.17) is 5.11 Å². The van der Waals surface area contributed by atoms with Crippen LogP contribution in [0.3, 0.4) is 0 Å². The first kappa shape index (κ1) is 14.8. The van der Waals surface area contributed by atoms with Crippen LogP contribution in [-0.2, 0) is 0 Å². The first-order valence-corrected chi connectivity index (χ1v) is 7.12. The van der Waals surface area contributed by atoms with Crippen molar-refractivity contribution in [2.24, 2.45) is 0 Å². The number of fused-ring (bicyclic) bond motifs is 1. The van der Waals surface area contributed by atoms with E-state index in [0.29, 0.717) is 28.6 Å². The van der Waals surface area contributed by atoms with Gasteiger partial charge in [0.1, 0.15) is 5.82 Å². The minimum atomic E-state index is -1.03. The quantitative estimate of drug-likeness (QED) is 0.764. The van der Waals surface area contributed by atoms with E-state index < -0.39 is 5.97 Å². The summed E-state index contributed by atoms with van der Waals surface area (Å²) in [6.45, 7) is 4.16. The average Bonchev–Trinajstić information content (AvgIpc) is 2.54. The summed E-state index contributed by atoms with van der Waals surface area (Å²) in [5, 5.41) is 20.1. The van der Waals surface area contributed by atoms with Gasteiger partial charge in [-0.05, 0) is 35.7 Å². The number of hydrogen-bond donors (Lipinski definition) is 2. The zero-order valence-corrected chi connectivity index (χ0v) is 12.7. The Labute approximate surface area is 132 Å². The molecule has 0 radical (unpaired) electrons. The number of rotatable bonds is 4. The molecule has 0 aliphatic rings. The Balaban J connectivity index is 1.93. The number of aromatic nitrogens is 4. The molecule has 3 heterocycles. The lowest BCUT2D eigenvalue weighted by Gasteiger charge is -2.08. The van der Waals surface area contributed by atoms with Gasteiger partial charge in [-0.25, -0.2) is 9.78 Å². The minimum absolute atomic E-state index is 0.101. The van der Waals surface area contributed by atoms with E-state index in [2.05, 4.69) is 39.3 Å². The summed E-state index contributed by atoms with van der Waals surface area (Å²) in [5.41, 5.74) is 2.30. The van der Waals surface area contributed by atoms with Crippen molar-refractivity contribution in [3.8, 4) is 0 Å². The van der Waals surface area contributed by atoms with E-state index >= 15 is 0 Å². The Morgan fingerprint density at radius 1 is 1.13 bits per heavy atom. The first-order chi connectivity index (χ1) is 11.0. The Bertz CT molecular complexity index is 879. The predicted molar refractivity (Wildman–Crippen MR) is 85.9 cm³/mol. The van der Waals surface area contributed by atoms with E-state index in [-0.39, 0.29) is 5.56 Å². The van der Waals surface area contributed by atoms with E-state index in [1.807, 2.05) is 6.07 Å². The van der Waals surface area contributed by atoms with E-state index in [0.717, 1.165) is 5.56 Å². The lowest BCUT2D eigenvalue weighted by molar-refractivity contribution is 0.0696. The van der Waals surface area contributed by atoms with Crippen molar-refractivity contribution in [3.05, 3.63) is 47.8 Å². The molecule has 0 spiro atoms. The van der Waals surface area contributed by atoms with Crippen molar-refractivity contribution < 1.29 is 9.90 Å². The van der Waals surface area contributed by atoms with Crippen molar-refractivity contribution in [2.45, 2.75) is 19.8 Å². The number of hydrogen-bond acceptors (Lipinski definition) is 6. The lowest BCUT2D eigenvalue weighted by atomic mass is 10.1. The lowest BCUT2D eigenvalue weighted by Crippen LogP contribution is -2.01. The van der Waals surface area contributed by atoms with Crippen LogP contribution in [0.2, 0.25) is 0 Å².